The van der Waals surface area contributed by atoms with Crippen molar-refractivity contribution in [1.29, 1.82) is 0 Å². The van der Waals surface area contributed by atoms with Crippen molar-refractivity contribution in [2.75, 3.05) is 5.32 Å². The van der Waals surface area contributed by atoms with Gasteiger partial charge in [-0.1, -0.05) is 31.1 Å². The molecule has 178 valence electrons. The molecule has 0 saturated heterocycles. The smallest absolute Gasteiger partial charge is 0.304 e. The lowest BCUT2D eigenvalue weighted by Crippen LogP contribution is -2.24. The van der Waals surface area contributed by atoms with E-state index in [1.807, 2.05) is 32.0 Å². The molecule has 1 amide bonds. The molecule has 0 radical (unpaired) electrons. The van der Waals surface area contributed by atoms with Crippen molar-refractivity contribution >= 4 is 17.6 Å². The molecule has 0 aliphatic heterocycles. The Kier molecular flexibility index (Phi) is 6.91. The third kappa shape index (κ3) is 5.66. The Morgan fingerprint density at radius 2 is 1.88 bits per heavy atom. The molecule has 2 aromatic rings. The van der Waals surface area contributed by atoms with Crippen LogP contribution in [-0.4, -0.2) is 22.1 Å². The van der Waals surface area contributed by atoms with Crippen LogP contribution in [0.2, 0.25) is 0 Å². The monoisotopic (exact) mass is 452 g/mol. The van der Waals surface area contributed by atoms with Crippen LogP contribution in [0, 0.1) is 25.7 Å². The van der Waals surface area contributed by atoms with Crippen molar-refractivity contribution in [1.82, 2.24) is 5.16 Å². The van der Waals surface area contributed by atoms with E-state index in [0.29, 0.717) is 23.4 Å². The minimum absolute atomic E-state index is 0.0754. The summed E-state index contributed by atoms with van der Waals surface area (Å²) in [6.45, 7) is 8.45. The molecule has 1 unspecified atom stereocenters. The van der Waals surface area contributed by atoms with E-state index < -0.39 is 11.9 Å². The van der Waals surface area contributed by atoms with Gasteiger partial charge in [-0.3, -0.25) is 9.59 Å². The molecule has 4 rings (SSSR count). The van der Waals surface area contributed by atoms with Gasteiger partial charge in [-0.25, -0.2) is 0 Å². The van der Waals surface area contributed by atoms with Gasteiger partial charge in [0.2, 0.25) is 5.91 Å². The standard InChI is InChI=1S/C27H36N2O4/c1-15(2)9-18-11-21(12-18)27-25(19-7-8-19)26(29-33-27)20(14-24(31)32)13-23(30)28-22-10-16(3)5-6-17(22)4/h5-6,10,15,18-21H,7-9,11-14H2,1-4H3,(H,28,30)(H,31,32). The summed E-state index contributed by atoms with van der Waals surface area (Å²) in [7, 11) is 0. The van der Waals surface area contributed by atoms with E-state index in [2.05, 4.69) is 24.3 Å². The molecule has 2 fully saturated rings. The Morgan fingerprint density at radius 1 is 1.15 bits per heavy atom. The van der Waals surface area contributed by atoms with Crippen molar-refractivity contribution in [3.05, 3.63) is 46.3 Å². The highest BCUT2D eigenvalue weighted by molar-refractivity contribution is 5.92. The van der Waals surface area contributed by atoms with Gasteiger partial charge in [-0.2, -0.15) is 0 Å². The number of carbonyl (C=O) groups excluding carboxylic acids is 1. The molecule has 6 nitrogen and oxygen atoms in total. The van der Waals surface area contributed by atoms with Crippen LogP contribution in [-0.2, 0) is 9.59 Å². The first-order chi connectivity index (χ1) is 15.7. The first-order valence-electron chi connectivity index (χ1n) is 12.3. The van der Waals surface area contributed by atoms with Crippen molar-refractivity contribution < 1.29 is 19.2 Å². The van der Waals surface area contributed by atoms with E-state index in [0.717, 1.165) is 59.7 Å². The maximum atomic E-state index is 12.9. The van der Waals surface area contributed by atoms with Gasteiger partial charge in [0.15, 0.2) is 0 Å². The molecule has 6 heteroatoms. The van der Waals surface area contributed by atoms with Crippen LogP contribution in [0.1, 0.15) is 105 Å². The Hall–Kier alpha value is -2.63. The molecule has 2 aliphatic carbocycles. The van der Waals surface area contributed by atoms with Gasteiger partial charge >= 0.3 is 5.97 Å². The van der Waals surface area contributed by atoms with Gasteiger partial charge < -0.3 is 14.9 Å². The topological polar surface area (TPSA) is 92.4 Å². The van der Waals surface area contributed by atoms with Crippen LogP contribution in [0.3, 0.4) is 0 Å². The number of nitrogens with one attached hydrogen (secondary N) is 1. The number of hydrogen-bond donors (Lipinski definition) is 2. The first-order valence-corrected chi connectivity index (χ1v) is 12.3. The molecule has 1 aromatic carbocycles. The number of anilines is 1. The van der Waals surface area contributed by atoms with Crippen molar-refractivity contribution in [2.45, 2.75) is 90.4 Å². The van der Waals surface area contributed by atoms with Gasteiger partial charge in [-0.15, -0.1) is 0 Å². The van der Waals surface area contributed by atoms with Gasteiger partial charge in [0.05, 0.1) is 12.1 Å². The number of aryl methyl sites for hydroxylation is 2. The second-order valence-electron chi connectivity index (χ2n) is 10.6. The highest BCUT2D eigenvalue weighted by atomic mass is 16.5. The molecular weight excluding hydrogens is 416 g/mol. The van der Waals surface area contributed by atoms with Gasteiger partial charge in [0.25, 0.3) is 0 Å². The summed E-state index contributed by atoms with van der Waals surface area (Å²) in [4.78, 5) is 24.6. The Labute approximate surface area is 196 Å². The number of aromatic nitrogens is 1. The average Bonchev–Trinajstić information content (AvgIpc) is 3.44. The SMILES string of the molecule is Cc1ccc(C)c(NC(=O)CC(CC(=O)O)c2noc(C3CC(CC(C)C)C3)c2C2CC2)c1. The number of hydrogen-bond acceptors (Lipinski definition) is 4. The molecule has 1 heterocycles. The summed E-state index contributed by atoms with van der Waals surface area (Å²) in [5.74, 6) is 1.54. The Morgan fingerprint density at radius 3 is 2.52 bits per heavy atom. The second-order valence-corrected chi connectivity index (χ2v) is 10.6. The molecule has 2 N–H and O–H groups in total. The van der Waals surface area contributed by atoms with Crippen molar-refractivity contribution in [2.24, 2.45) is 11.8 Å². The summed E-state index contributed by atoms with van der Waals surface area (Å²) in [6, 6.07) is 5.91. The summed E-state index contributed by atoms with van der Waals surface area (Å²) in [6.07, 6.45) is 5.57. The van der Waals surface area contributed by atoms with Crippen LogP contribution in [0.15, 0.2) is 22.7 Å². The number of benzene rings is 1. The summed E-state index contributed by atoms with van der Waals surface area (Å²) >= 11 is 0. The number of nitrogens with zero attached hydrogens (tertiary/aromatic N) is 1. The quantitative estimate of drug-likeness (QED) is 0.441. The molecule has 2 saturated carbocycles. The number of carboxylic acid groups (broad SMARTS) is 1. The predicted octanol–water partition coefficient (Wildman–Crippen LogP) is 6.30. The highest BCUT2D eigenvalue weighted by Crippen LogP contribution is 2.52. The average molecular weight is 453 g/mol. The number of carbonyl (C=O) groups is 2. The van der Waals surface area contributed by atoms with Crippen LogP contribution >= 0.6 is 0 Å². The maximum absolute atomic E-state index is 12.9. The third-order valence-electron chi connectivity index (χ3n) is 7.09. The Bertz CT molecular complexity index is 1020. The molecule has 0 bridgehead atoms. The molecule has 1 aromatic heterocycles. The van der Waals surface area contributed by atoms with E-state index in [-0.39, 0.29) is 18.7 Å². The molecular formula is C27H36N2O4. The maximum Gasteiger partial charge on any atom is 0.304 e. The minimum Gasteiger partial charge on any atom is -0.481 e. The molecule has 0 spiro atoms. The van der Waals surface area contributed by atoms with Gasteiger partial charge in [-0.05, 0) is 80.9 Å². The fourth-order valence-corrected chi connectivity index (χ4v) is 5.27. The molecule has 1 atom stereocenters. The normalized spacial score (nSPS) is 21.0. The van der Waals surface area contributed by atoms with Crippen molar-refractivity contribution in [3.63, 3.8) is 0 Å². The van der Waals surface area contributed by atoms with E-state index in [1.54, 1.807) is 0 Å². The third-order valence-corrected chi connectivity index (χ3v) is 7.09. The zero-order valence-corrected chi connectivity index (χ0v) is 20.2. The lowest BCUT2D eigenvalue weighted by atomic mass is 9.69. The van der Waals surface area contributed by atoms with E-state index in [4.69, 9.17) is 4.52 Å². The zero-order valence-electron chi connectivity index (χ0n) is 20.2. The van der Waals surface area contributed by atoms with Crippen LogP contribution in [0.5, 0.6) is 0 Å². The second kappa shape index (κ2) is 9.70. The van der Waals surface area contributed by atoms with Crippen LogP contribution < -0.4 is 5.32 Å². The minimum atomic E-state index is -0.925. The molecule has 2 aliphatic rings. The van der Waals surface area contributed by atoms with Gasteiger partial charge in [0, 0.05) is 29.5 Å². The number of rotatable bonds is 10. The lowest BCUT2D eigenvalue weighted by molar-refractivity contribution is -0.137. The first kappa shape index (κ1) is 23.5. The van der Waals surface area contributed by atoms with Crippen molar-refractivity contribution in [3.8, 4) is 0 Å². The number of aliphatic carboxylic acids is 1. The van der Waals surface area contributed by atoms with Crippen LogP contribution in [0.25, 0.3) is 0 Å². The molecule has 33 heavy (non-hydrogen) atoms. The summed E-state index contributed by atoms with van der Waals surface area (Å²) in [5.41, 5.74) is 4.61. The number of amides is 1. The zero-order chi connectivity index (χ0) is 23.7. The van der Waals surface area contributed by atoms with E-state index in [1.165, 1.54) is 6.42 Å². The van der Waals surface area contributed by atoms with E-state index >= 15 is 0 Å². The fraction of sp³-hybridized carbons (Fsp3) is 0.593. The fourth-order valence-electron chi connectivity index (χ4n) is 5.27. The summed E-state index contributed by atoms with van der Waals surface area (Å²) in [5, 5.41) is 16.9. The van der Waals surface area contributed by atoms with Crippen LogP contribution in [0.4, 0.5) is 5.69 Å². The number of carboxylic acids is 1. The predicted molar refractivity (Wildman–Crippen MR) is 128 cm³/mol. The highest BCUT2D eigenvalue weighted by Gasteiger charge is 2.42. The van der Waals surface area contributed by atoms with Gasteiger partial charge in [0.1, 0.15) is 5.76 Å². The van der Waals surface area contributed by atoms with E-state index in [9.17, 15) is 14.7 Å². The largest absolute Gasteiger partial charge is 0.481 e. The lowest BCUT2D eigenvalue weighted by Gasteiger charge is -2.35. The summed E-state index contributed by atoms with van der Waals surface area (Å²) < 4.78 is 5.88. The Balaban J connectivity index is 1.52.